The SMILES string of the molecule is O=C(Nc1cccc2c1CNC2=O)c1csc(=O)[nH]1. The molecule has 0 saturated heterocycles. The van der Waals surface area contributed by atoms with Gasteiger partial charge in [0.15, 0.2) is 0 Å². The Morgan fingerprint density at radius 3 is 2.89 bits per heavy atom. The number of anilines is 1. The molecule has 6 nitrogen and oxygen atoms in total. The van der Waals surface area contributed by atoms with Crippen molar-refractivity contribution in [2.24, 2.45) is 0 Å². The van der Waals surface area contributed by atoms with E-state index < -0.39 is 5.91 Å². The molecule has 96 valence electrons. The Morgan fingerprint density at radius 2 is 2.16 bits per heavy atom. The smallest absolute Gasteiger partial charge is 0.305 e. The predicted molar refractivity (Wildman–Crippen MR) is 70.5 cm³/mol. The number of aromatic amines is 1. The van der Waals surface area contributed by atoms with Gasteiger partial charge in [-0.3, -0.25) is 14.4 Å². The lowest BCUT2D eigenvalue weighted by molar-refractivity contribution is 0.0964. The molecule has 2 amide bonds. The van der Waals surface area contributed by atoms with Crippen molar-refractivity contribution in [2.75, 3.05) is 5.32 Å². The van der Waals surface area contributed by atoms with Gasteiger partial charge in [-0.15, -0.1) is 0 Å². The lowest BCUT2D eigenvalue weighted by Crippen LogP contribution is -2.15. The molecule has 0 fully saturated rings. The second-order valence-electron chi connectivity index (χ2n) is 4.03. The van der Waals surface area contributed by atoms with Crippen LogP contribution in [0.1, 0.15) is 26.4 Å². The van der Waals surface area contributed by atoms with Crippen LogP contribution in [0.15, 0.2) is 28.4 Å². The largest absolute Gasteiger partial charge is 0.348 e. The average molecular weight is 275 g/mol. The van der Waals surface area contributed by atoms with Crippen molar-refractivity contribution in [3.05, 3.63) is 50.1 Å². The van der Waals surface area contributed by atoms with Crippen LogP contribution in [0.4, 0.5) is 5.69 Å². The third-order valence-electron chi connectivity index (χ3n) is 2.86. The predicted octanol–water partition coefficient (Wildman–Crippen LogP) is 0.932. The van der Waals surface area contributed by atoms with Crippen molar-refractivity contribution in [1.29, 1.82) is 0 Å². The van der Waals surface area contributed by atoms with E-state index in [1.807, 2.05) is 0 Å². The van der Waals surface area contributed by atoms with E-state index >= 15 is 0 Å². The topological polar surface area (TPSA) is 91.1 Å². The van der Waals surface area contributed by atoms with Crippen molar-refractivity contribution in [3.63, 3.8) is 0 Å². The quantitative estimate of drug-likeness (QED) is 0.761. The number of thiazole rings is 1. The first-order chi connectivity index (χ1) is 9.15. The van der Waals surface area contributed by atoms with Crippen LogP contribution in [0.25, 0.3) is 0 Å². The normalized spacial score (nSPS) is 12.9. The summed E-state index contributed by atoms with van der Waals surface area (Å²) in [6.07, 6.45) is 0. The fourth-order valence-electron chi connectivity index (χ4n) is 1.95. The van der Waals surface area contributed by atoms with Gasteiger partial charge in [0.1, 0.15) is 5.69 Å². The molecule has 1 aromatic heterocycles. The van der Waals surface area contributed by atoms with E-state index in [0.29, 0.717) is 17.8 Å². The highest BCUT2D eigenvalue weighted by Gasteiger charge is 2.22. The van der Waals surface area contributed by atoms with E-state index in [-0.39, 0.29) is 16.5 Å². The molecule has 0 saturated carbocycles. The highest BCUT2D eigenvalue weighted by Crippen LogP contribution is 2.24. The maximum absolute atomic E-state index is 11.9. The van der Waals surface area contributed by atoms with Crippen LogP contribution in [0.3, 0.4) is 0 Å². The molecule has 0 aliphatic carbocycles. The summed E-state index contributed by atoms with van der Waals surface area (Å²) < 4.78 is 0. The summed E-state index contributed by atoms with van der Waals surface area (Å²) in [4.78, 5) is 36.6. The van der Waals surface area contributed by atoms with Crippen LogP contribution in [-0.4, -0.2) is 16.8 Å². The van der Waals surface area contributed by atoms with E-state index in [1.165, 1.54) is 5.38 Å². The standard InChI is InChI=1S/C12H9N3O3S/c16-10-6-2-1-3-8(7(6)4-13-10)14-11(17)9-5-19-12(18)15-9/h1-3,5H,4H2,(H,13,16)(H,14,17)(H,15,18). The van der Waals surface area contributed by atoms with Crippen molar-refractivity contribution in [3.8, 4) is 0 Å². The molecule has 3 rings (SSSR count). The van der Waals surface area contributed by atoms with Gasteiger partial charge in [-0.2, -0.15) is 0 Å². The number of nitrogens with one attached hydrogen (secondary N) is 3. The number of rotatable bonds is 2. The van der Waals surface area contributed by atoms with Gasteiger partial charge < -0.3 is 15.6 Å². The van der Waals surface area contributed by atoms with Crippen LogP contribution in [0, 0.1) is 0 Å². The third kappa shape index (κ3) is 2.04. The zero-order chi connectivity index (χ0) is 13.4. The van der Waals surface area contributed by atoms with E-state index in [2.05, 4.69) is 15.6 Å². The molecule has 0 spiro atoms. The van der Waals surface area contributed by atoms with Crippen LogP contribution in [0.5, 0.6) is 0 Å². The highest BCUT2D eigenvalue weighted by molar-refractivity contribution is 7.07. The van der Waals surface area contributed by atoms with E-state index in [4.69, 9.17) is 0 Å². The molecule has 19 heavy (non-hydrogen) atoms. The lowest BCUT2D eigenvalue weighted by atomic mass is 10.1. The summed E-state index contributed by atoms with van der Waals surface area (Å²) in [6.45, 7) is 0.394. The van der Waals surface area contributed by atoms with Gasteiger partial charge >= 0.3 is 4.87 Å². The minimum Gasteiger partial charge on any atom is -0.348 e. The minimum absolute atomic E-state index is 0.143. The third-order valence-corrected chi connectivity index (χ3v) is 3.53. The molecule has 0 bridgehead atoms. The Balaban J connectivity index is 1.91. The maximum atomic E-state index is 11.9. The number of carbonyl (C=O) groups is 2. The van der Waals surface area contributed by atoms with Crippen molar-refractivity contribution in [2.45, 2.75) is 6.54 Å². The summed E-state index contributed by atoms with van der Waals surface area (Å²) in [7, 11) is 0. The molecule has 2 heterocycles. The van der Waals surface area contributed by atoms with Gasteiger partial charge in [0.2, 0.25) is 0 Å². The van der Waals surface area contributed by atoms with E-state index in [0.717, 1.165) is 16.9 Å². The molecule has 1 aliphatic heterocycles. The zero-order valence-corrected chi connectivity index (χ0v) is 10.5. The molecular formula is C12H9N3O3S. The molecule has 2 aromatic rings. The number of hydrogen-bond donors (Lipinski definition) is 3. The second kappa shape index (κ2) is 4.36. The van der Waals surface area contributed by atoms with Gasteiger partial charge in [0.05, 0.1) is 0 Å². The van der Waals surface area contributed by atoms with E-state index in [9.17, 15) is 14.4 Å². The summed E-state index contributed by atoms with van der Waals surface area (Å²) >= 11 is 0.931. The minimum atomic E-state index is -0.397. The molecular weight excluding hydrogens is 266 g/mol. The number of carbonyl (C=O) groups excluding carboxylic acids is 2. The Morgan fingerprint density at radius 1 is 1.32 bits per heavy atom. The van der Waals surface area contributed by atoms with Crippen LogP contribution < -0.4 is 15.5 Å². The Kier molecular flexibility index (Phi) is 2.68. The fraction of sp³-hybridized carbons (Fsp3) is 0.0833. The van der Waals surface area contributed by atoms with Crippen LogP contribution in [0.2, 0.25) is 0 Å². The summed E-state index contributed by atoms with van der Waals surface area (Å²) in [6, 6.07) is 5.14. The fourth-order valence-corrected chi connectivity index (χ4v) is 2.51. The summed E-state index contributed by atoms with van der Waals surface area (Å²) in [5.41, 5.74) is 2.12. The molecule has 1 aliphatic rings. The Labute approximate surface area is 111 Å². The van der Waals surface area contributed by atoms with Gasteiger partial charge in [-0.25, -0.2) is 0 Å². The van der Waals surface area contributed by atoms with Gasteiger partial charge in [0, 0.05) is 28.7 Å². The number of H-pyrrole nitrogens is 1. The zero-order valence-electron chi connectivity index (χ0n) is 9.65. The first kappa shape index (κ1) is 11.7. The number of hydrogen-bond acceptors (Lipinski definition) is 4. The average Bonchev–Trinajstić information content (AvgIpc) is 2.98. The maximum Gasteiger partial charge on any atom is 0.305 e. The van der Waals surface area contributed by atoms with Crippen LogP contribution >= 0.6 is 11.3 Å². The van der Waals surface area contributed by atoms with Gasteiger partial charge in [0.25, 0.3) is 11.8 Å². The first-order valence-electron chi connectivity index (χ1n) is 5.54. The number of benzene rings is 1. The van der Waals surface area contributed by atoms with E-state index in [1.54, 1.807) is 18.2 Å². The van der Waals surface area contributed by atoms with Crippen molar-refractivity contribution < 1.29 is 9.59 Å². The highest BCUT2D eigenvalue weighted by atomic mass is 32.1. The summed E-state index contributed by atoms with van der Waals surface area (Å²) in [5, 5.41) is 6.86. The Bertz CT molecular complexity index is 732. The van der Waals surface area contributed by atoms with Crippen molar-refractivity contribution in [1.82, 2.24) is 10.3 Å². The number of fused-ring (bicyclic) bond motifs is 1. The van der Waals surface area contributed by atoms with Crippen molar-refractivity contribution >= 4 is 28.8 Å². The molecule has 3 N–H and O–H groups in total. The number of aromatic nitrogens is 1. The Hall–Kier alpha value is -2.41. The molecule has 1 aromatic carbocycles. The molecule has 7 heteroatoms. The first-order valence-corrected chi connectivity index (χ1v) is 6.42. The molecule has 0 radical (unpaired) electrons. The monoisotopic (exact) mass is 275 g/mol. The molecule has 0 unspecified atom stereocenters. The lowest BCUT2D eigenvalue weighted by Gasteiger charge is -2.07. The van der Waals surface area contributed by atoms with Crippen LogP contribution in [-0.2, 0) is 6.54 Å². The summed E-state index contributed by atoms with van der Waals surface area (Å²) in [5.74, 6) is -0.541. The van der Waals surface area contributed by atoms with Gasteiger partial charge in [-0.1, -0.05) is 17.4 Å². The molecule has 0 atom stereocenters. The number of amides is 2. The second-order valence-corrected chi connectivity index (χ2v) is 4.87. The van der Waals surface area contributed by atoms with Gasteiger partial charge in [-0.05, 0) is 12.1 Å².